The second-order valence-corrected chi connectivity index (χ2v) is 8.64. The first-order chi connectivity index (χ1) is 15.1. The Morgan fingerprint density at radius 2 is 1.72 bits per heavy atom. The molecule has 166 valence electrons. The molecule has 3 aromatic carbocycles. The molecule has 0 atom stereocenters. The summed E-state index contributed by atoms with van der Waals surface area (Å²) in [5.74, 6) is 0.312. The normalized spacial score (nSPS) is 13.6. The molecule has 1 amide bonds. The number of anilines is 2. The van der Waals surface area contributed by atoms with Gasteiger partial charge < -0.3 is 9.64 Å². The standard InChI is InChI=1S/C22H17F3N2O4S/c1-2-27-18-8-3-4-9-20(18)31-19-11-10-15(13-17(19)21(27)28)26-32(29,30)16-7-5-6-14(12-16)22(23,24)25/h3-13,26H,2H2,1H3. The zero-order valence-corrected chi connectivity index (χ0v) is 17.5. The minimum absolute atomic E-state index is 0.0140. The summed E-state index contributed by atoms with van der Waals surface area (Å²) in [5, 5.41) is 0. The molecule has 0 bridgehead atoms. The molecule has 1 aliphatic rings. The Bertz CT molecular complexity index is 1310. The van der Waals surface area contributed by atoms with Gasteiger partial charge in [-0.15, -0.1) is 0 Å². The number of rotatable bonds is 4. The van der Waals surface area contributed by atoms with Crippen LogP contribution in [0.3, 0.4) is 0 Å². The van der Waals surface area contributed by atoms with Crippen LogP contribution >= 0.6 is 0 Å². The minimum atomic E-state index is -4.68. The van der Waals surface area contributed by atoms with Gasteiger partial charge in [0.2, 0.25) is 0 Å². The number of carbonyl (C=O) groups excluding carboxylic acids is 1. The number of halogens is 3. The number of alkyl halides is 3. The Morgan fingerprint density at radius 1 is 0.969 bits per heavy atom. The lowest BCUT2D eigenvalue weighted by Gasteiger charge is -2.20. The van der Waals surface area contributed by atoms with Crippen molar-refractivity contribution < 1.29 is 31.1 Å². The Kier molecular flexibility index (Phi) is 5.33. The summed E-state index contributed by atoms with van der Waals surface area (Å²) in [6.45, 7) is 2.14. The zero-order valence-electron chi connectivity index (χ0n) is 16.7. The summed E-state index contributed by atoms with van der Waals surface area (Å²) in [5.41, 5.74) is -0.378. The lowest BCUT2D eigenvalue weighted by molar-refractivity contribution is -0.137. The van der Waals surface area contributed by atoms with Crippen LogP contribution in [0.25, 0.3) is 0 Å². The predicted octanol–water partition coefficient (Wildman–Crippen LogP) is 5.28. The highest BCUT2D eigenvalue weighted by Gasteiger charge is 2.32. The van der Waals surface area contributed by atoms with Crippen molar-refractivity contribution >= 4 is 27.3 Å². The first-order valence-electron chi connectivity index (χ1n) is 9.53. The summed E-state index contributed by atoms with van der Waals surface area (Å²) < 4.78 is 72.4. The Morgan fingerprint density at radius 3 is 2.44 bits per heavy atom. The third-order valence-corrected chi connectivity index (χ3v) is 6.25. The molecule has 0 spiro atoms. The van der Waals surface area contributed by atoms with E-state index in [0.717, 1.165) is 18.2 Å². The van der Waals surface area contributed by atoms with Crippen LogP contribution in [0.4, 0.5) is 24.5 Å². The molecule has 0 saturated carbocycles. The predicted molar refractivity (Wildman–Crippen MR) is 113 cm³/mol. The number of carbonyl (C=O) groups is 1. The SMILES string of the molecule is CCN1C(=O)c2cc(NS(=O)(=O)c3cccc(C(F)(F)F)c3)ccc2Oc2ccccc21. The van der Waals surface area contributed by atoms with Gasteiger partial charge in [0, 0.05) is 12.2 Å². The van der Waals surface area contributed by atoms with E-state index in [-0.39, 0.29) is 17.0 Å². The smallest absolute Gasteiger partial charge is 0.416 e. The maximum atomic E-state index is 13.1. The summed E-state index contributed by atoms with van der Waals surface area (Å²) in [4.78, 5) is 14.1. The van der Waals surface area contributed by atoms with E-state index < -0.39 is 32.6 Å². The van der Waals surface area contributed by atoms with Crippen LogP contribution in [0.5, 0.6) is 11.5 Å². The van der Waals surface area contributed by atoms with Crippen molar-refractivity contribution in [3.63, 3.8) is 0 Å². The van der Waals surface area contributed by atoms with E-state index in [1.165, 1.54) is 23.1 Å². The quantitative estimate of drug-likeness (QED) is 0.573. The van der Waals surface area contributed by atoms with Crippen LogP contribution < -0.4 is 14.4 Å². The highest BCUT2D eigenvalue weighted by Crippen LogP contribution is 2.39. The monoisotopic (exact) mass is 462 g/mol. The Hall–Kier alpha value is -3.53. The summed E-state index contributed by atoms with van der Waals surface area (Å²) >= 11 is 0. The third-order valence-electron chi connectivity index (χ3n) is 4.87. The molecule has 0 unspecified atom stereocenters. The average molecular weight is 462 g/mol. The maximum absolute atomic E-state index is 13.1. The average Bonchev–Trinajstić information content (AvgIpc) is 2.87. The van der Waals surface area contributed by atoms with Gasteiger partial charge in [-0.25, -0.2) is 8.42 Å². The van der Waals surface area contributed by atoms with Crippen molar-refractivity contribution in [1.82, 2.24) is 0 Å². The second-order valence-electron chi connectivity index (χ2n) is 6.96. The van der Waals surface area contributed by atoms with E-state index in [0.29, 0.717) is 24.0 Å². The summed E-state index contributed by atoms with van der Waals surface area (Å²) in [6.07, 6.45) is -4.68. The van der Waals surface area contributed by atoms with E-state index >= 15 is 0 Å². The number of nitrogens with zero attached hydrogens (tertiary/aromatic N) is 1. The van der Waals surface area contributed by atoms with Gasteiger partial charge in [0.1, 0.15) is 5.75 Å². The number of para-hydroxylation sites is 2. The number of ether oxygens (including phenoxy) is 1. The number of nitrogens with one attached hydrogen (secondary N) is 1. The van der Waals surface area contributed by atoms with Crippen LogP contribution in [0.2, 0.25) is 0 Å². The van der Waals surface area contributed by atoms with Crippen molar-refractivity contribution in [1.29, 1.82) is 0 Å². The minimum Gasteiger partial charge on any atom is -0.454 e. The van der Waals surface area contributed by atoms with E-state index in [1.807, 2.05) is 0 Å². The highest BCUT2D eigenvalue weighted by molar-refractivity contribution is 7.92. The molecule has 4 rings (SSSR count). The van der Waals surface area contributed by atoms with Crippen LogP contribution in [0.15, 0.2) is 71.6 Å². The van der Waals surface area contributed by atoms with Crippen molar-refractivity contribution in [2.45, 2.75) is 18.0 Å². The lowest BCUT2D eigenvalue weighted by Crippen LogP contribution is -2.29. The number of benzene rings is 3. The van der Waals surface area contributed by atoms with Gasteiger partial charge >= 0.3 is 6.18 Å². The van der Waals surface area contributed by atoms with E-state index in [2.05, 4.69) is 4.72 Å². The van der Waals surface area contributed by atoms with Gasteiger partial charge in [0.25, 0.3) is 15.9 Å². The van der Waals surface area contributed by atoms with Gasteiger partial charge in [-0.1, -0.05) is 18.2 Å². The maximum Gasteiger partial charge on any atom is 0.416 e. The van der Waals surface area contributed by atoms with E-state index in [9.17, 15) is 26.4 Å². The molecule has 10 heteroatoms. The first kappa shape index (κ1) is 21.7. The molecule has 0 radical (unpaired) electrons. The van der Waals surface area contributed by atoms with Crippen LogP contribution in [-0.2, 0) is 16.2 Å². The Balaban J connectivity index is 1.70. The van der Waals surface area contributed by atoms with Gasteiger partial charge in [-0.3, -0.25) is 9.52 Å². The fourth-order valence-corrected chi connectivity index (χ4v) is 4.45. The van der Waals surface area contributed by atoms with Crippen molar-refractivity contribution in [3.05, 3.63) is 77.9 Å². The fraction of sp³-hybridized carbons (Fsp3) is 0.136. The van der Waals surface area contributed by atoms with Crippen LogP contribution in [0, 0.1) is 0 Å². The second kappa shape index (κ2) is 7.86. The Labute approximate surface area is 182 Å². The first-order valence-corrected chi connectivity index (χ1v) is 11.0. The molecule has 0 aromatic heterocycles. The molecule has 1 N–H and O–H groups in total. The molecule has 32 heavy (non-hydrogen) atoms. The van der Waals surface area contributed by atoms with Crippen molar-refractivity contribution in [2.24, 2.45) is 0 Å². The van der Waals surface area contributed by atoms with Gasteiger partial charge in [0.15, 0.2) is 5.75 Å². The molecule has 0 fully saturated rings. The van der Waals surface area contributed by atoms with Gasteiger partial charge in [-0.2, -0.15) is 13.2 Å². The molecule has 6 nitrogen and oxygen atoms in total. The fourth-order valence-electron chi connectivity index (χ4n) is 3.36. The number of amides is 1. The summed E-state index contributed by atoms with van der Waals surface area (Å²) in [7, 11) is -4.34. The van der Waals surface area contributed by atoms with E-state index in [4.69, 9.17) is 4.74 Å². The van der Waals surface area contributed by atoms with Crippen LogP contribution in [0.1, 0.15) is 22.8 Å². The molecule has 3 aromatic rings. The number of sulfonamides is 1. The molecule has 1 heterocycles. The molecule has 0 aliphatic carbocycles. The lowest BCUT2D eigenvalue weighted by atomic mass is 10.1. The largest absolute Gasteiger partial charge is 0.454 e. The molecular weight excluding hydrogens is 445 g/mol. The number of fused-ring (bicyclic) bond motifs is 2. The van der Waals surface area contributed by atoms with Gasteiger partial charge in [-0.05, 0) is 55.5 Å². The van der Waals surface area contributed by atoms with Crippen molar-refractivity contribution in [3.8, 4) is 11.5 Å². The van der Waals surface area contributed by atoms with E-state index in [1.54, 1.807) is 31.2 Å². The number of hydrogen-bond acceptors (Lipinski definition) is 4. The van der Waals surface area contributed by atoms with Crippen LogP contribution in [-0.4, -0.2) is 20.9 Å². The topological polar surface area (TPSA) is 75.7 Å². The summed E-state index contributed by atoms with van der Waals surface area (Å²) in [6, 6.07) is 14.5. The molecular formula is C22H17F3N2O4S. The third kappa shape index (κ3) is 4.01. The molecule has 1 aliphatic heterocycles. The zero-order chi connectivity index (χ0) is 23.1. The number of hydrogen-bond donors (Lipinski definition) is 1. The van der Waals surface area contributed by atoms with Gasteiger partial charge in [0.05, 0.1) is 21.7 Å². The molecule has 0 saturated heterocycles. The highest BCUT2D eigenvalue weighted by atomic mass is 32.2. The van der Waals surface area contributed by atoms with Crippen molar-refractivity contribution in [2.75, 3.05) is 16.2 Å².